The lowest BCUT2D eigenvalue weighted by Gasteiger charge is -2.07. The number of carboxylic acid groups (broad SMARTS) is 1. The largest absolute Gasteiger partial charge is 0.477 e. The summed E-state index contributed by atoms with van der Waals surface area (Å²) in [6.07, 6.45) is 1.16. The Labute approximate surface area is 92.6 Å². The molecule has 0 fully saturated rings. The van der Waals surface area contributed by atoms with Gasteiger partial charge < -0.3 is 5.11 Å². The third kappa shape index (κ3) is 2.45. The second-order valence-electron chi connectivity index (χ2n) is 4.00. The molecule has 1 aromatic rings. The van der Waals surface area contributed by atoms with Crippen molar-refractivity contribution in [3.8, 4) is 0 Å². The van der Waals surface area contributed by atoms with Crippen LogP contribution >= 0.6 is 0 Å². The highest BCUT2D eigenvalue weighted by molar-refractivity contribution is 6.36. The van der Waals surface area contributed by atoms with E-state index >= 15 is 0 Å². The predicted molar refractivity (Wildman–Crippen MR) is 58.1 cm³/mol. The number of rotatable bonds is 3. The zero-order chi connectivity index (χ0) is 11.5. The Hall–Kier alpha value is -1.71. The fraction of sp³-hybridized carbons (Fsp3) is 0.333. The summed E-state index contributed by atoms with van der Waals surface area (Å²) in [6.45, 7) is 0.526. The smallest absolute Gasteiger partial charge is 0.349 e. The van der Waals surface area contributed by atoms with E-state index in [-0.39, 0.29) is 17.4 Å². The maximum absolute atomic E-state index is 12.9. The van der Waals surface area contributed by atoms with Crippen LogP contribution in [0.3, 0.4) is 0 Å². The van der Waals surface area contributed by atoms with Crippen molar-refractivity contribution < 1.29 is 14.3 Å². The number of carboxylic acids is 1. The van der Waals surface area contributed by atoms with Crippen molar-refractivity contribution in [3.05, 3.63) is 35.6 Å². The van der Waals surface area contributed by atoms with Crippen molar-refractivity contribution in [2.75, 3.05) is 6.54 Å². The summed E-state index contributed by atoms with van der Waals surface area (Å²) in [5.74, 6) is -1.01. The Morgan fingerprint density at radius 3 is 3.00 bits per heavy atom. The molecule has 2 rings (SSSR count). The Kier molecular flexibility index (Phi) is 2.99. The van der Waals surface area contributed by atoms with Crippen molar-refractivity contribution in [1.82, 2.24) is 0 Å². The minimum absolute atomic E-state index is 0.188. The summed E-state index contributed by atoms with van der Waals surface area (Å²) in [4.78, 5) is 14.6. The molecule has 0 aromatic heterocycles. The minimum atomic E-state index is -0.943. The van der Waals surface area contributed by atoms with E-state index in [1.807, 2.05) is 6.07 Å². The molecule has 84 valence electrons. The third-order valence-electron chi connectivity index (χ3n) is 2.68. The van der Waals surface area contributed by atoms with Crippen LogP contribution in [0.2, 0.25) is 0 Å². The van der Waals surface area contributed by atoms with Crippen molar-refractivity contribution in [2.45, 2.75) is 12.8 Å². The molecule has 4 heteroatoms. The summed E-state index contributed by atoms with van der Waals surface area (Å²) in [6, 6.07) is 6.40. The lowest BCUT2D eigenvalue weighted by Crippen LogP contribution is -2.13. The summed E-state index contributed by atoms with van der Waals surface area (Å²) < 4.78 is 12.9. The number of hydrogen-bond acceptors (Lipinski definition) is 2. The van der Waals surface area contributed by atoms with Crippen LogP contribution in [0.1, 0.15) is 12.0 Å². The SMILES string of the molecule is O=C(O)C1=NCC(Cc2cccc(F)c2)C1. The van der Waals surface area contributed by atoms with Crippen LogP contribution in [0, 0.1) is 11.7 Å². The maximum Gasteiger partial charge on any atom is 0.349 e. The van der Waals surface area contributed by atoms with Gasteiger partial charge in [-0.3, -0.25) is 4.99 Å². The van der Waals surface area contributed by atoms with Crippen molar-refractivity contribution in [3.63, 3.8) is 0 Å². The van der Waals surface area contributed by atoms with E-state index < -0.39 is 5.97 Å². The first-order valence-electron chi connectivity index (χ1n) is 5.16. The molecule has 0 saturated carbocycles. The lowest BCUT2D eigenvalue weighted by molar-refractivity contribution is -0.129. The fourth-order valence-corrected chi connectivity index (χ4v) is 1.93. The van der Waals surface area contributed by atoms with Gasteiger partial charge in [0.25, 0.3) is 0 Å². The predicted octanol–water partition coefficient (Wildman–Crippen LogP) is 1.91. The van der Waals surface area contributed by atoms with Crippen LogP contribution in [0.5, 0.6) is 0 Å². The van der Waals surface area contributed by atoms with Crippen molar-refractivity contribution in [2.24, 2.45) is 10.9 Å². The average Bonchev–Trinajstić information content (AvgIpc) is 2.66. The molecule has 0 spiro atoms. The quantitative estimate of drug-likeness (QED) is 0.847. The average molecular weight is 221 g/mol. The number of benzene rings is 1. The molecule has 1 unspecified atom stereocenters. The maximum atomic E-state index is 12.9. The highest BCUT2D eigenvalue weighted by Gasteiger charge is 2.23. The van der Waals surface area contributed by atoms with Crippen LogP contribution in [0.25, 0.3) is 0 Å². The second-order valence-corrected chi connectivity index (χ2v) is 4.00. The van der Waals surface area contributed by atoms with Gasteiger partial charge in [0.2, 0.25) is 0 Å². The van der Waals surface area contributed by atoms with Crippen LogP contribution in [0.4, 0.5) is 4.39 Å². The second kappa shape index (κ2) is 4.43. The third-order valence-corrected chi connectivity index (χ3v) is 2.68. The Morgan fingerprint density at radius 2 is 2.38 bits per heavy atom. The molecule has 1 atom stereocenters. The van der Waals surface area contributed by atoms with Gasteiger partial charge in [0.05, 0.1) is 0 Å². The monoisotopic (exact) mass is 221 g/mol. The van der Waals surface area contributed by atoms with Gasteiger partial charge in [0, 0.05) is 13.0 Å². The van der Waals surface area contributed by atoms with E-state index in [0.29, 0.717) is 19.4 Å². The first-order valence-corrected chi connectivity index (χ1v) is 5.16. The standard InChI is InChI=1S/C12H12FNO2/c13-10-3-1-2-8(5-10)4-9-6-11(12(15)16)14-7-9/h1-3,5,9H,4,6-7H2,(H,15,16). The Balaban J connectivity index is 1.96. The zero-order valence-electron chi connectivity index (χ0n) is 8.69. The molecule has 0 amide bonds. The number of aliphatic carboxylic acids is 1. The van der Waals surface area contributed by atoms with E-state index in [1.165, 1.54) is 12.1 Å². The normalized spacial score (nSPS) is 19.6. The number of carbonyl (C=O) groups is 1. The number of nitrogens with zero attached hydrogens (tertiary/aromatic N) is 1. The topological polar surface area (TPSA) is 49.7 Å². The molecule has 3 nitrogen and oxygen atoms in total. The minimum Gasteiger partial charge on any atom is -0.477 e. The fourth-order valence-electron chi connectivity index (χ4n) is 1.93. The van der Waals surface area contributed by atoms with E-state index in [4.69, 9.17) is 5.11 Å². The van der Waals surface area contributed by atoms with Gasteiger partial charge >= 0.3 is 5.97 Å². The number of aliphatic imine (C=N–C) groups is 1. The van der Waals surface area contributed by atoms with Gasteiger partial charge in [-0.25, -0.2) is 9.18 Å². The van der Waals surface area contributed by atoms with Crippen LogP contribution < -0.4 is 0 Å². The van der Waals surface area contributed by atoms with Crippen LogP contribution in [-0.4, -0.2) is 23.3 Å². The molecule has 16 heavy (non-hydrogen) atoms. The molecule has 0 bridgehead atoms. The van der Waals surface area contributed by atoms with Gasteiger partial charge in [0.15, 0.2) is 0 Å². The summed E-state index contributed by atoms with van der Waals surface area (Å²) in [7, 11) is 0. The molecule has 0 saturated heterocycles. The molecule has 0 radical (unpaired) electrons. The highest BCUT2D eigenvalue weighted by atomic mass is 19.1. The van der Waals surface area contributed by atoms with E-state index in [1.54, 1.807) is 6.07 Å². The first kappa shape index (κ1) is 10.8. The van der Waals surface area contributed by atoms with Gasteiger partial charge in [-0.15, -0.1) is 0 Å². The molecule has 1 aromatic carbocycles. The van der Waals surface area contributed by atoms with E-state index in [9.17, 15) is 9.18 Å². The van der Waals surface area contributed by atoms with Gasteiger partial charge in [0.1, 0.15) is 11.5 Å². The number of halogens is 1. The van der Waals surface area contributed by atoms with Gasteiger partial charge in [-0.2, -0.15) is 0 Å². The molecule has 1 aliphatic rings. The zero-order valence-corrected chi connectivity index (χ0v) is 8.69. The lowest BCUT2D eigenvalue weighted by atomic mass is 9.96. The summed E-state index contributed by atoms with van der Waals surface area (Å²) in [5.41, 5.74) is 1.13. The van der Waals surface area contributed by atoms with E-state index in [0.717, 1.165) is 5.56 Å². The Morgan fingerprint density at radius 1 is 1.56 bits per heavy atom. The molecule has 0 aliphatic carbocycles. The highest BCUT2D eigenvalue weighted by Crippen LogP contribution is 2.19. The number of hydrogen-bond donors (Lipinski definition) is 1. The molecule has 1 aliphatic heterocycles. The summed E-state index contributed by atoms with van der Waals surface area (Å²) >= 11 is 0. The van der Waals surface area contributed by atoms with Gasteiger partial charge in [-0.05, 0) is 30.0 Å². The van der Waals surface area contributed by atoms with E-state index in [2.05, 4.69) is 4.99 Å². The molecular weight excluding hydrogens is 209 g/mol. The summed E-state index contributed by atoms with van der Waals surface area (Å²) in [5, 5.41) is 8.75. The van der Waals surface area contributed by atoms with Crippen molar-refractivity contribution in [1.29, 1.82) is 0 Å². The van der Waals surface area contributed by atoms with Crippen LogP contribution in [-0.2, 0) is 11.2 Å². The van der Waals surface area contributed by atoms with Crippen LogP contribution in [0.15, 0.2) is 29.3 Å². The van der Waals surface area contributed by atoms with Gasteiger partial charge in [-0.1, -0.05) is 12.1 Å². The Bertz CT molecular complexity index is 442. The molecule has 1 heterocycles. The van der Waals surface area contributed by atoms with Crippen molar-refractivity contribution >= 4 is 11.7 Å². The molecule has 1 N–H and O–H groups in total. The molecular formula is C12H12FNO2. The first-order chi connectivity index (χ1) is 7.65.